The molecule has 0 radical (unpaired) electrons. The van der Waals surface area contributed by atoms with Crippen molar-refractivity contribution in [3.8, 4) is 0 Å². The largest absolute Gasteiger partial charge is 0.761 e. The zero-order valence-electron chi connectivity index (χ0n) is 10.6. The van der Waals surface area contributed by atoms with E-state index in [2.05, 4.69) is 4.90 Å². The predicted octanol–water partition coefficient (Wildman–Crippen LogP) is 1.84. The summed E-state index contributed by atoms with van der Waals surface area (Å²) in [5.41, 5.74) is 3.76. The van der Waals surface area contributed by atoms with E-state index in [0.29, 0.717) is 18.2 Å². The van der Waals surface area contributed by atoms with Gasteiger partial charge in [-0.1, -0.05) is 12.1 Å². The van der Waals surface area contributed by atoms with Crippen LogP contribution in [0.1, 0.15) is 18.4 Å². The standard InChI is InChI=1S/C14H21N2O2/c17-11-13-6-9-16(10-7-13)8-5-12-1-3-14(15-18)4-2-12/h1-4,13,15,17H,5-11H2/q-1. The van der Waals surface area contributed by atoms with Gasteiger partial charge in [-0.05, 0) is 56.0 Å². The second-order valence-corrected chi connectivity index (χ2v) is 5.02. The van der Waals surface area contributed by atoms with Crippen molar-refractivity contribution < 1.29 is 5.11 Å². The highest BCUT2D eigenvalue weighted by Crippen LogP contribution is 2.17. The fourth-order valence-corrected chi connectivity index (χ4v) is 2.42. The first-order valence-electron chi connectivity index (χ1n) is 6.62. The Morgan fingerprint density at radius 2 is 1.89 bits per heavy atom. The van der Waals surface area contributed by atoms with Crippen molar-refractivity contribution in [1.82, 2.24) is 4.90 Å². The van der Waals surface area contributed by atoms with Crippen molar-refractivity contribution in [3.05, 3.63) is 35.0 Å². The molecular formula is C14H21N2O2-. The van der Waals surface area contributed by atoms with Crippen LogP contribution in [0.15, 0.2) is 24.3 Å². The Hall–Kier alpha value is -1.10. The maximum absolute atomic E-state index is 10.4. The predicted molar refractivity (Wildman–Crippen MR) is 73.4 cm³/mol. The Labute approximate surface area is 108 Å². The maximum atomic E-state index is 10.4. The van der Waals surface area contributed by atoms with Gasteiger partial charge in [0, 0.05) is 18.8 Å². The second kappa shape index (κ2) is 6.73. The Bertz CT molecular complexity index is 345. The molecule has 1 aliphatic rings. The summed E-state index contributed by atoms with van der Waals surface area (Å²) in [7, 11) is 0. The van der Waals surface area contributed by atoms with Crippen LogP contribution in [0, 0.1) is 11.1 Å². The Morgan fingerprint density at radius 3 is 2.44 bits per heavy atom. The zero-order chi connectivity index (χ0) is 12.8. The van der Waals surface area contributed by atoms with Crippen LogP contribution in [0.25, 0.3) is 0 Å². The number of benzene rings is 1. The number of hydrogen-bond donors (Lipinski definition) is 2. The van der Waals surface area contributed by atoms with E-state index in [9.17, 15) is 5.21 Å². The van der Waals surface area contributed by atoms with E-state index < -0.39 is 0 Å². The van der Waals surface area contributed by atoms with Crippen molar-refractivity contribution in [2.45, 2.75) is 19.3 Å². The molecule has 0 aliphatic carbocycles. The summed E-state index contributed by atoms with van der Waals surface area (Å²) in [6, 6.07) is 7.64. The minimum Gasteiger partial charge on any atom is -0.761 e. The van der Waals surface area contributed by atoms with Crippen LogP contribution >= 0.6 is 0 Å². The lowest BCUT2D eigenvalue weighted by molar-refractivity contribution is 0.132. The van der Waals surface area contributed by atoms with Gasteiger partial charge < -0.3 is 20.7 Å². The van der Waals surface area contributed by atoms with Gasteiger partial charge >= 0.3 is 0 Å². The molecule has 2 N–H and O–H groups in total. The summed E-state index contributed by atoms with van der Waals surface area (Å²) < 4.78 is 0. The van der Waals surface area contributed by atoms with Crippen molar-refractivity contribution in [1.29, 1.82) is 0 Å². The summed E-state index contributed by atoms with van der Waals surface area (Å²) in [4.78, 5) is 2.45. The lowest BCUT2D eigenvalue weighted by Gasteiger charge is -2.31. The van der Waals surface area contributed by atoms with Crippen LogP contribution in [0.3, 0.4) is 0 Å². The fourth-order valence-electron chi connectivity index (χ4n) is 2.42. The molecular weight excluding hydrogens is 228 g/mol. The van der Waals surface area contributed by atoms with Gasteiger partial charge in [-0.25, -0.2) is 0 Å². The molecule has 1 saturated heterocycles. The van der Waals surface area contributed by atoms with Crippen LogP contribution in [0.4, 0.5) is 5.69 Å². The van der Waals surface area contributed by atoms with E-state index in [-0.39, 0.29) is 0 Å². The van der Waals surface area contributed by atoms with Gasteiger partial charge in [-0.3, -0.25) is 0 Å². The quantitative estimate of drug-likeness (QED) is 0.782. The van der Waals surface area contributed by atoms with Crippen LogP contribution in [0.5, 0.6) is 0 Å². The molecule has 18 heavy (non-hydrogen) atoms. The van der Waals surface area contributed by atoms with Gasteiger partial charge in [0.15, 0.2) is 0 Å². The van der Waals surface area contributed by atoms with Gasteiger partial charge in [0.25, 0.3) is 0 Å². The van der Waals surface area contributed by atoms with E-state index in [1.807, 2.05) is 29.7 Å². The molecule has 0 aromatic heterocycles. The monoisotopic (exact) mass is 249 g/mol. The zero-order valence-corrected chi connectivity index (χ0v) is 10.6. The van der Waals surface area contributed by atoms with Gasteiger partial charge in [-0.2, -0.15) is 0 Å². The maximum Gasteiger partial charge on any atom is 0.0460 e. The highest BCUT2D eigenvalue weighted by Gasteiger charge is 2.17. The highest BCUT2D eigenvalue weighted by molar-refractivity contribution is 5.45. The number of hydrogen-bond acceptors (Lipinski definition) is 4. The van der Waals surface area contributed by atoms with Crippen molar-refractivity contribution in [3.63, 3.8) is 0 Å². The number of aliphatic hydroxyl groups excluding tert-OH is 1. The topological polar surface area (TPSA) is 58.6 Å². The number of rotatable bonds is 5. The third-order valence-electron chi connectivity index (χ3n) is 3.75. The third-order valence-corrected chi connectivity index (χ3v) is 3.75. The minimum absolute atomic E-state index is 0.331. The molecule has 0 bridgehead atoms. The van der Waals surface area contributed by atoms with Crippen LogP contribution in [-0.2, 0) is 6.42 Å². The lowest BCUT2D eigenvalue weighted by Crippen LogP contribution is -2.36. The Balaban J connectivity index is 1.74. The van der Waals surface area contributed by atoms with E-state index in [0.717, 1.165) is 38.9 Å². The van der Waals surface area contributed by atoms with Gasteiger partial charge in [-0.15, -0.1) is 0 Å². The van der Waals surface area contributed by atoms with Crippen LogP contribution in [-0.4, -0.2) is 36.2 Å². The lowest BCUT2D eigenvalue weighted by atomic mass is 9.97. The van der Waals surface area contributed by atoms with E-state index in [4.69, 9.17) is 5.11 Å². The molecule has 0 atom stereocenters. The smallest absolute Gasteiger partial charge is 0.0460 e. The first-order valence-corrected chi connectivity index (χ1v) is 6.62. The summed E-state index contributed by atoms with van der Waals surface area (Å²) in [6.07, 6.45) is 3.23. The average molecular weight is 249 g/mol. The van der Waals surface area contributed by atoms with E-state index in [1.165, 1.54) is 5.56 Å². The summed E-state index contributed by atoms with van der Waals surface area (Å²) >= 11 is 0. The van der Waals surface area contributed by atoms with Crippen LogP contribution in [0.2, 0.25) is 0 Å². The first kappa shape index (κ1) is 13.3. The molecule has 0 amide bonds. The Kier molecular flexibility index (Phi) is 4.99. The van der Waals surface area contributed by atoms with Crippen molar-refractivity contribution >= 4 is 5.69 Å². The number of piperidine rings is 1. The Morgan fingerprint density at radius 1 is 1.22 bits per heavy atom. The van der Waals surface area contributed by atoms with Gasteiger partial charge in [0.2, 0.25) is 0 Å². The molecule has 1 aliphatic heterocycles. The number of nitrogens with zero attached hydrogens (tertiary/aromatic N) is 1. The molecule has 2 rings (SSSR count). The molecule has 1 heterocycles. The molecule has 1 fully saturated rings. The molecule has 0 saturated carbocycles. The molecule has 4 heteroatoms. The first-order chi connectivity index (χ1) is 8.81. The molecule has 1 aromatic carbocycles. The number of nitrogens with one attached hydrogen (secondary N) is 1. The molecule has 4 nitrogen and oxygen atoms in total. The van der Waals surface area contributed by atoms with Crippen molar-refractivity contribution in [2.75, 3.05) is 31.7 Å². The minimum atomic E-state index is 0.331. The molecule has 100 valence electrons. The third kappa shape index (κ3) is 3.70. The van der Waals surface area contributed by atoms with Crippen LogP contribution < -0.4 is 5.48 Å². The highest BCUT2D eigenvalue weighted by atomic mass is 16.5. The molecule has 0 spiro atoms. The summed E-state index contributed by atoms with van der Waals surface area (Å²) in [6.45, 7) is 3.57. The number of likely N-dealkylation sites (tertiary alicyclic amines) is 1. The second-order valence-electron chi connectivity index (χ2n) is 5.02. The summed E-state index contributed by atoms with van der Waals surface area (Å²) in [5.74, 6) is 0.503. The molecule has 1 aromatic rings. The van der Waals surface area contributed by atoms with Crippen molar-refractivity contribution in [2.24, 2.45) is 5.92 Å². The van der Waals surface area contributed by atoms with Gasteiger partial charge in [0.1, 0.15) is 0 Å². The SMILES string of the molecule is [O-]Nc1ccc(CCN2CCC(CO)CC2)cc1. The van der Waals surface area contributed by atoms with E-state index in [1.54, 1.807) is 0 Å². The molecule has 0 unspecified atom stereocenters. The normalized spacial score (nSPS) is 17.9. The number of anilines is 1. The van der Waals surface area contributed by atoms with Gasteiger partial charge in [0.05, 0.1) is 0 Å². The number of aliphatic hydroxyl groups is 1. The average Bonchev–Trinajstić information content (AvgIpc) is 2.46. The fraction of sp³-hybridized carbons (Fsp3) is 0.571. The summed E-state index contributed by atoms with van der Waals surface area (Å²) in [5, 5.41) is 19.5. The van der Waals surface area contributed by atoms with E-state index >= 15 is 0 Å².